The largest absolute Gasteiger partial charge is 0.337 e. The van der Waals surface area contributed by atoms with Crippen LogP contribution in [-0.4, -0.2) is 18.0 Å². The Hall–Kier alpha value is -1.70. The van der Waals surface area contributed by atoms with Crippen LogP contribution in [0.5, 0.6) is 0 Å². The Morgan fingerprint density at radius 2 is 1.95 bits per heavy atom. The average molecular weight is 280 g/mol. The maximum Gasteiger partial charge on any atom is 0.238 e. The number of hydrogen-bond acceptors (Lipinski definition) is 4. The van der Waals surface area contributed by atoms with Crippen molar-refractivity contribution in [1.82, 2.24) is 14.9 Å². The second kappa shape index (κ2) is 5.52. The lowest BCUT2D eigenvalue weighted by atomic mass is 10.2. The lowest BCUT2D eigenvalue weighted by molar-refractivity contribution is 0.597. The van der Waals surface area contributed by atoms with Crippen molar-refractivity contribution in [2.24, 2.45) is 12.2 Å². The number of aryl methyl sites for hydroxylation is 1. The molecular formula is C12H16N4O2S. The van der Waals surface area contributed by atoms with E-state index < -0.39 is 10.0 Å². The highest BCUT2D eigenvalue weighted by atomic mass is 32.2. The van der Waals surface area contributed by atoms with Crippen LogP contribution in [0.4, 0.5) is 0 Å². The average Bonchev–Trinajstić information content (AvgIpc) is 2.75. The molecule has 0 bridgehead atoms. The van der Waals surface area contributed by atoms with E-state index in [4.69, 9.17) is 5.14 Å². The van der Waals surface area contributed by atoms with Gasteiger partial charge in [-0.15, -0.1) is 0 Å². The fraction of sp³-hybridized carbons (Fsp3) is 0.250. The van der Waals surface area contributed by atoms with Crippen molar-refractivity contribution in [3.63, 3.8) is 0 Å². The minimum atomic E-state index is -3.61. The van der Waals surface area contributed by atoms with E-state index in [0.29, 0.717) is 13.1 Å². The number of hydrogen-bond donors (Lipinski definition) is 2. The van der Waals surface area contributed by atoms with Gasteiger partial charge in [0, 0.05) is 26.3 Å². The Balaban J connectivity index is 1.92. The second-order valence-corrected chi connectivity index (χ2v) is 5.85. The van der Waals surface area contributed by atoms with E-state index in [9.17, 15) is 8.42 Å². The molecule has 1 aromatic carbocycles. The van der Waals surface area contributed by atoms with Crippen molar-refractivity contribution in [2.45, 2.75) is 18.0 Å². The van der Waals surface area contributed by atoms with E-state index >= 15 is 0 Å². The molecule has 2 aromatic rings. The number of nitrogens with two attached hydrogens (primary N) is 1. The molecule has 0 spiro atoms. The molecular weight excluding hydrogens is 264 g/mol. The van der Waals surface area contributed by atoms with Gasteiger partial charge in [0.2, 0.25) is 10.0 Å². The molecule has 6 nitrogen and oxygen atoms in total. The molecule has 102 valence electrons. The van der Waals surface area contributed by atoms with Gasteiger partial charge in [-0.3, -0.25) is 0 Å². The zero-order valence-electron chi connectivity index (χ0n) is 10.6. The molecule has 3 N–H and O–H groups in total. The molecule has 0 aliphatic rings. The third-order valence-electron chi connectivity index (χ3n) is 2.80. The van der Waals surface area contributed by atoms with Gasteiger partial charge in [0.15, 0.2) is 0 Å². The molecule has 0 unspecified atom stereocenters. The molecule has 0 fully saturated rings. The van der Waals surface area contributed by atoms with Crippen molar-refractivity contribution in [1.29, 1.82) is 0 Å². The number of benzene rings is 1. The molecule has 7 heteroatoms. The molecule has 1 aromatic heterocycles. The normalized spacial score (nSPS) is 11.7. The first-order valence-corrected chi connectivity index (χ1v) is 7.29. The highest BCUT2D eigenvalue weighted by Crippen LogP contribution is 2.08. The fourth-order valence-corrected chi connectivity index (χ4v) is 2.20. The maximum atomic E-state index is 11.1. The van der Waals surface area contributed by atoms with Gasteiger partial charge in [-0.2, -0.15) is 0 Å². The standard InChI is InChI=1S/C12H16N4O2S/c1-16-9-15-8-11(16)7-14-6-10-2-4-12(5-3-10)19(13,17)18/h2-5,8-9,14H,6-7H2,1H3,(H2,13,17,18). The maximum absolute atomic E-state index is 11.1. The fourth-order valence-electron chi connectivity index (χ4n) is 1.69. The zero-order valence-corrected chi connectivity index (χ0v) is 11.4. The minimum absolute atomic E-state index is 0.128. The summed E-state index contributed by atoms with van der Waals surface area (Å²) in [5, 5.41) is 8.30. The Kier molecular flexibility index (Phi) is 3.98. The number of imidazole rings is 1. The Morgan fingerprint density at radius 3 is 2.47 bits per heavy atom. The number of primary sulfonamides is 1. The van der Waals surface area contributed by atoms with Gasteiger partial charge in [-0.1, -0.05) is 12.1 Å². The van der Waals surface area contributed by atoms with Gasteiger partial charge < -0.3 is 9.88 Å². The summed E-state index contributed by atoms with van der Waals surface area (Å²) in [6, 6.07) is 6.51. The summed E-state index contributed by atoms with van der Waals surface area (Å²) in [6.07, 6.45) is 3.55. The van der Waals surface area contributed by atoms with Crippen LogP contribution < -0.4 is 10.5 Å². The van der Waals surface area contributed by atoms with Gasteiger partial charge >= 0.3 is 0 Å². The minimum Gasteiger partial charge on any atom is -0.337 e. The first-order valence-electron chi connectivity index (χ1n) is 5.74. The molecule has 0 aliphatic carbocycles. The Labute approximate surface area is 112 Å². The van der Waals surface area contributed by atoms with E-state index in [0.717, 1.165) is 11.3 Å². The summed E-state index contributed by atoms with van der Waals surface area (Å²) in [7, 11) is -1.68. The van der Waals surface area contributed by atoms with Crippen molar-refractivity contribution in [2.75, 3.05) is 0 Å². The van der Waals surface area contributed by atoms with E-state index in [1.54, 1.807) is 24.7 Å². The van der Waals surface area contributed by atoms with E-state index in [2.05, 4.69) is 10.3 Å². The molecule has 19 heavy (non-hydrogen) atoms. The molecule has 2 rings (SSSR count). The number of nitrogens with one attached hydrogen (secondary N) is 1. The molecule has 0 saturated carbocycles. The first-order chi connectivity index (χ1) is 8.97. The van der Waals surface area contributed by atoms with E-state index in [1.807, 2.05) is 11.6 Å². The molecule has 0 atom stereocenters. The topological polar surface area (TPSA) is 90.0 Å². The van der Waals surface area contributed by atoms with Crippen molar-refractivity contribution in [3.8, 4) is 0 Å². The number of nitrogens with zero attached hydrogens (tertiary/aromatic N) is 2. The van der Waals surface area contributed by atoms with Crippen LogP contribution in [0.15, 0.2) is 41.7 Å². The predicted octanol–water partition coefficient (Wildman–Crippen LogP) is 0.357. The summed E-state index contributed by atoms with van der Waals surface area (Å²) < 4.78 is 24.1. The van der Waals surface area contributed by atoms with Gasteiger partial charge in [-0.05, 0) is 17.7 Å². The number of rotatable bonds is 5. The summed E-state index contributed by atoms with van der Waals surface area (Å²) >= 11 is 0. The second-order valence-electron chi connectivity index (χ2n) is 4.29. The summed E-state index contributed by atoms with van der Waals surface area (Å²) in [6.45, 7) is 1.35. The molecule has 0 saturated heterocycles. The molecule has 0 amide bonds. The van der Waals surface area contributed by atoms with Gasteiger partial charge in [0.1, 0.15) is 0 Å². The van der Waals surface area contributed by atoms with Gasteiger partial charge in [0.25, 0.3) is 0 Å². The van der Waals surface area contributed by atoms with Gasteiger partial charge in [0.05, 0.1) is 16.9 Å². The first kappa shape index (κ1) is 13.7. The van der Waals surface area contributed by atoms with E-state index in [1.165, 1.54) is 12.1 Å². The number of aromatic nitrogens is 2. The van der Waals surface area contributed by atoms with E-state index in [-0.39, 0.29) is 4.90 Å². The Morgan fingerprint density at radius 1 is 1.26 bits per heavy atom. The van der Waals surface area contributed by atoms with Crippen LogP contribution in [0.2, 0.25) is 0 Å². The summed E-state index contributed by atoms with van der Waals surface area (Å²) in [5.41, 5.74) is 2.08. The highest BCUT2D eigenvalue weighted by molar-refractivity contribution is 7.89. The third-order valence-corrected chi connectivity index (χ3v) is 3.73. The van der Waals surface area contributed by atoms with Crippen molar-refractivity contribution >= 4 is 10.0 Å². The lowest BCUT2D eigenvalue weighted by Gasteiger charge is -2.06. The highest BCUT2D eigenvalue weighted by Gasteiger charge is 2.06. The summed E-state index contributed by atoms with van der Waals surface area (Å²) in [4.78, 5) is 4.16. The van der Waals surface area contributed by atoms with Crippen LogP contribution in [0, 0.1) is 0 Å². The lowest BCUT2D eigenvalue weighted by Crippen LogP contribution is -2.15. The molecule has 1 heterocycles. The van der Waals surface area contributed by atoms with Gasteiger partial charge in [-0.25, -0.2) is 18.5 Å². The van der Waals surface area contributed by atoms with Crippen LogP contribution >= 0.6 is 0 Å². The van der Waals surface area contributed by atoms with Crippen molar-refractivity contribution in [3.05, 3.63) is 48.0 Å². The summed E-state index contributed by atoms with van der Waals surface area (Å²) in [5.74, 6) is 0. The third kappa shape index (κ3) is 3.63. The zero-order chi connectivity index (χ0) is 13.9. The monoisotopic (exact) mass is 280 g/mol. The SMILES string of the molecule is Cn1cncc1CNCc1ccc(S(N)(=O)=O)cc1. The van der Waals surface area contributed by atoms with Crippen molar-refractivity contribution < 1.29 is 8.42 Å². The van der Waals surface area contributed by atoms with Crippen LogP contribution in [-0.2, 0) is 30.2 Å². The quantitative estimate of drug-likeness (QED) is 0.827. The van der Waals surface area contributed by atoms with Crippen LogP contribution in [0.25, 0.3) is 0 Å². The molecule has 0 aliphatic heterocycles. The van der Waals surface area contributed by atoms with Crippen LogP contribution in [0.1, 0.15) is 11.3 Å². The molecule has 0 radical (unpaired) electrons. The predicted molar refractivity (Wildman–Crippen MR) is 71.6 cm³/mol. The Bertz CT molecular complexity index is 647. The smallest absolute Gasteiger partial charge is 0.238 e. The van der Waals surface area contributed by atoms with Crippen LogP contribution in [0.3, 0.4) is 0 Å². The number of sulfonamides is 1.